The first-order chi connectivity index (χ1) is 10.1. The molecule has 0 saturated carbocycles. The van der Waals surface area contributed by atoms with Gasteiger partial charge in [0.05, 0.1) is 10.6 Å². The topological polar surface area (TPSA) is 55.1 Å². The Bertz CT molecular complexity index is 613. The average molecular weight is 303 g/mol. The first-order valence-electron chi connectivity index (χ1n) is 7.00. The zero-order chi connectivity index (χ0) is 15.2. The summed E-state index contributed by atoms with van der Waals surface area (Å²) < 4.78 is 0. The molecular formula is C17H19ClN2O. The Labute approximate surface area is 130 Å². The number of nitrogens with two attached hydrogens (primary N) is 1. The van der Waals surface area contributed by atoms with Crippen molar-refractivity contribution in [3.05, 3.63) is 64.7 Å². The van der Waals surface area contributed by atoms with Crippen LogP contribution in [0.5, 0.6) is 0 Å². The molecule has 0 saturated heterocycles. The molecule has 3 N–H and O–H groups in total. The van der Waals surface area contributed by atoms with Gasteiger partial charge in [0.2, 0.25) is 5.91 Å². The predicted molar refractivity (Wildman–Crippen MR) is 87.8 cm³/mol. The lowest BCUT2D eigenvalue weighted by atomic mass is 10.0. The van der Waals surface area contributed by atoms with Gasteiger partial charge in [-0.05, 0) is 36.6 Å². The normalized spacial score (nSPS) is 11.9. The van der Waals surface area contributed by atoms with Crippen LogP contribution in [0.2, 0.25) is 5.02 Å². The molecule has 0 bridgehead atoms. The monoisotopic (exact) mass is 302 g/mol. The molecule has 0 aliphatic carbocycles. The molecule has 2 rings (SSSR count). The molecule has 1 atom stereocenters. The van der Waals surface area contributed by atoms with Crippen LogP contribution in [-0.4, -0.2) is 11.9 Å². The van der Waals surface area contributed by atoms with E-state index in [1.54, 1.807) is 12.1 Å². The van der Waals surface area contributed by atoms with Crippen molar-refractivity contribution in [2.24, 2.45) is 5.73 Å². The fourth-order valence-corrected chi connectivity index (χ4v) is 2.45. The van der Waals surface area contributed by atoms with Crippen molar-refractivity contribution in [1.82, 2.24) is 0 Å². The fourth-order valence-electron chi connectivity index (χ4n) is 2.24. The fraction of sp³-hybridized carbons (Fsp3) is 0.235. The highest BCUT2D eigenvalue weighted by Crippen LogP contribution is 2.21. The third kappa shape index (κ3) is 4.23. The van der Waals surface area contributed by atoms with Crippen LogP contribution in [0, 0.1) is 0 Å². The van der Waals surface area contributed by atoms with E-state index < -0.39 is 5.91 Å². The Kier molecular flexibility index (Phi) is 5.23. The van der Waals surface area contributed by atoms with Crippen LogP contribution in [-0.2, 0) is 6.42 Å². The molecule has 21 heavy (non-hydrogen) atoms. The number of hydrogen-bond donors (Lipinski definition) is 2. The average Bonchev–Trinajstić information content (AvgIpc) is 2.49. The van der Waals surface area contributed by atoms with Gasteiger partial charge in [0, 0.05) is 11.7 Å². The molecule has 3 nitrogen and oxygen atoms in total. The van der Waals surface area contributed by atoms with Crippen LogP contribution in [0.15, 0.2) is 48.5 Å². The highest BCUT2D eigenvalue weighted by Gasteiger charge is 2.11. The maximum atomic E-state index is 11.3. The molecule has 0 fully saturated rings. The molecule has 0 aliphatic rings. The third-order valence-electron chi connectivity index (χ3n) is 3.42. The lowest BCUT2D eigenvalue weighted by Gasteiger charge is -2.19. The number of anilines is 1. The van der Waals surface area contributed by atoms with Crippen LogP contribution in [0.25, 0.3) is 0 Å². The number of nitrogens with one attached hydrogen (secondary N) is 1. The van der Waals surface area contributed by atoms with Crippen LogP contribution in [0.1, 0.15) is 29.3 Å². The van der Waals surface area contributed by atoms with E-state index in [2.05, 4.69) is 24.4 Å². The minimum Gasteiger partial charge on any atom is -0.382 e. The van der Waals surface area contributed by atoms with E-state index in [1.807, 2.05) is 24.3 Å². The third-order valence-corrected chi connectivity index (χ3v) is 3.75. The molecule has 1 amide bonds. The van der Waals surface area contributed by atoms with Gasteiger partial charge in [-0.15, -0.1) is 0 Å². The summed E-state index contributed by atoms with van der Waals surface area (Å²) in [7, 11) is 0. The maximum Gasteiger partial charge on any atom is 0.250 e. The maximum absolute atomic E-state index is 11.3. The smallest absolute Gasteiger partial charge is 0.250 e. The summed E-state index contributed by atoms with van der Waals surface area (Å²) in [5, 5.41) is 3.81. The molecule has 4 heteroatoms. The van der Waals surface area contributed by atoms with Crippen molar-refractivity contribution in [3.8, 4) is 0 Å². The van der Waals surface area contributed by atoms with Crippen molar-refractivity contribution < 1.29 is 4.79 Å². The second-order valence-electron chi connectivity index (χ2n) is 5.00. The number of rotatable bonds is 6. The Balaban J connectivity index is 2.11. The standard InChI is InChI=1S/C17H19ClN2O/c1-2-13(10-12-6-4-3-5-7-12)20-14-8-9-16(18)15(11-14)17(19)21/h3-9,11,13,20H,2,10H2,1H3,(H2,19,21). The summed E-state index contributed by atoms with van der Waals surface area (Å²) in [5.41, 5.74) is 7.80. The van der Waals surface area contributed by atoms with Crippen LogP contribution in [0.3, 0.4) is 0 Å². The van der Waals surface area contributed by atoms with Crippen LogP contribution in [0.4, 0.5) is 5.69 Å². The van der Waals surface area contributed by atoms with Gasteiger partial charge >= 0.3 is 0 Å². The van der Waals surface area contributed by atoms with Crippen molar-refractivity contribution in [2.75, 3.05) is 5.32 Å². The van der Waals surface area contributed by atoms with Gasteiger partial charge in [-0.25, -0.2) is 0 Å². The lowest BCUT2D eigenvalue weighted by molar-refractivity contribution is 0.100. The minimum atomic E-state index is -0.514. The SMILES string of the molecule is CCC(Cc1ccccc1)Nc1ccc(Cl)c(C(N)=O)c1. The van der Waals surface area contributed by atoms with E-state index >= 15 is 0 Å². The summed E-state index contributed by atoms with van der Waals surface area (Å²) in [6.45, 7) is 2.13. The van der Waals surface area contributed by atoms with Crippen molar-refractivity contribution >= 4 is 23.2 Å². The Morgan fingerprint density at radius 2 is 1.95 bits per heavy atom. The Morgan fingerprint density at radius 1 is 1.24 bits per heavy atom. The molecule has 110 valence electrons. The quantitative estimate of drug-likeness (QED) is 0.851. The number of halogens is 1. The zero-order valence-corrected chi connectivity index (χ0v) is 12.7. The van der Waals surface area contributed by atoms with E-state index in [4.69, 9.17) is 17.3 Å². The minimum absolute atomic E-state index is 0.286. The molecular weight excluding hydrogens is 284 g/mol. The highest BCUT2D eigenvalue weighted by atomic mass is 35.5. The largest absolute Gasteiger partial charge is 0.382 e. The van der Waals surface area contributed by atoms with Gasteiger partial charge in [-0.1, -0.05) is 48.9 Å². The van der Waals surface area contributed by atoms with Crippen molar-refractivity contribution in [3.63, 3.8) is 0 Å². The van der Waals surface area contributed by atoms with Crippen LogP contribution >= 0.6 is 11.6 Å². The number of amides is 1. The van der Waals surface area contributed by atoms with E-state index in [1.165, 1.54) is 5.56 Å². The first kappa shape index (κ1) is 15.4. The highest BCUT2D eigenvalue weighted by molar-refractivity contribution is 6.33. The molecule has 0 heterocycles. The van der Waals surface area contributed by atoms with Gasteiger partial charge in [0.15, 0.2) is 0 Å². The molecule has 0 radical (unpaired) electrons. The number of benzene rings is 2. The van der Waals surface area contributed by atoms with Crippen molar-refractivity contribution in [2.45, 2.75) is 25.8 Å². The van der Waals surface area contributed by atoms with Crippen LogP contribution < -0.4 is 11.1 Å². The van der Waals surface area contributed by atoms with E-state index in [0.717, 1.165) is 18.5 Å². The summed E-state index contributed by atoms with van der Waals surface area (Å²) in [5.74, 6) is -0.514. The molecule has 0 aromatic heterocycles. The number of hydrogen-bond acceptors (Lipinski definition) is 2. The van der Waals surface area contributed by atoms with E-state index in [9.17, 15) is 4.79 Å². The van der Waals surface area contributed by atoms with Gasteiger partial charge in [-0.3, -0.25) is 4.79 Å². The molecule has 0 spiro atoms. The Morgan fingerprint density at radius 3 is 2.57 bits per heavy atom. The summed E-state index contributed by atoms with van der Waals surface area (Å²) in [6, 6.07) is 15.9. The molecule has 0 aliphatic heterocycles. The zero-order valence-electron chi connectivity index (χ0n) is 12.0. The lowest BCUT2D eigenvalue weighted by Crippen LogP contribution is -2.21. The summed E-state index contributed by atoms with van der Waals surface area (Å²) >= 11 is 5.96. The Hall–Kier alpha value is -2.00. The second kappa shape index (κ2) is 7.14. The second-order valence-corrected chi connectivity index (χ2v) is 5.41. The predicted octanol–water partition coefficient (Wildman–Crippen LogP) is 3.87. The summed E-state index contributed by atoms with van der Waals surface area (Å²) in [4.78, 5) is 11.3. The molecule has 2 aromatic carbocycles. The van der Waals surface area contributed by atoms with E-state index in [-0.39, 0.29) is 6.04 Å². The van der Waals surface area contributed by atoms with Gasteiger partial charge in [-0.2, -0.15) is 0 Å². The van der Waals surface area contributed by atoms with E-state index in [0.29, 0.717) is 10.6 Å². The summed E-state index contributed by atoms with van der Waals surface area (Å²) in [6.07, 6.45) is 1.90. The number of carbonyl (C=O) groups is 1. The van der Waals surface area contributed by atoms with Crippen molar-refractivity contribution in [1.29, 1.82) is 0 Å². The first-order valence-corrected chi connectivity index (χ1v) is 7.37. The van der Waals surface area contributed by atoms with Gasteiger partial charge in [0.1, 0.15) is 0 Å². The number of primary amides is 1. The number of carbonyl (C=O) groups excluding carboxylic acids is 1. The van der Waals surface area contributed by atoms with Gasteiger partial charge < -0.3 is 11.1 Å². The molecule has 1 unspecified atom stereocenters. The van der Waals surface area contributed by atoms with Gasteiger partial charge in [0.25, 0.3) is 0 Å². The molecule has 2 aromatic rings.